The summed E-state index contributed by atoms with van der Waals surface area (Å²) in [7, 11) is 2.05. The number of nitrogens with zero attached hydrogens (tertiary/aromatic N) is 1. The number of nitrogens with one attached hydrogen (secondary N) is 1. The molecule has 1 saturated heterocycles. The molecule has 3 rings (SSSR count). The monoisotopic (exact) mass is 338 g/mol. The van der Waals surface area contributed by atoms with Crippen LogP contribution in [0.1, 0.15) is 24.0 Å². The summed E-state index contributed by atoms with van der Waals surface area (Å²) in [5.41, 5.74) is 2.71. The molecule has 110 valence electrons. The number of hydrogen-bond acceptors (Lipinski definition) is 3. The fourth-order valence-electron chi connectivity index (χ4n) is 3.34. The van der Waals surface area contributed by atoms with Gasteiger partial charge in [0.05, 0.1) is 6.61 Å². The van der Waals surface area contributed by atoms with Crippen molar-refractivity contribution in [1.82, 2.24) is 10.2 Å². The zero-order valence-electron chi connectivity index (χ0n) is 12.1. The molecule has 1 fully saturated rings. The van der Waals surface area contributed by atoms with E-state index in [1.165, 1.54) is 41.5 Å². The van der Waals surface area contributed by atoms with E-state index in [1.807, 2.05) is 0 Å². The Kier molecular flexibility index (Phi) is 4.64. The lowest BCUT2D eigenvalue weighted by atomic mass is 9.96. The van der Waals surface area contributed by atoms with Gasteiger partial charge < -0.3 is 10.1 Å². The van der Waals surface area contributed by atoms with Gasteiger partial charge in [0.1, 0.15) is 5.75 Å². The first-order valence-corrected chi connectivity index (χ1v) is 8.36. The molecule has 0 aromatic heterocycles. The van der Waals surface area contributed by atoms with Gasteiger partial charge in [-0.15, -0.1) is 0 Å². The molecule has 0 radical (unpaired) electrons. The number of fused-ring (bicyclic) bond motifs is 1. The molecular formula is C16H23BrN2O. The molecule has 2 aliphatic heterocycles. The van der Waals surface area contributed by atoms with Crippen LogP contribution >= 0.6 is 15.9 Å². The second kappa shape index (κ2) is 6.46. The van der Waals surface area contributed by atoms with Crippen LogP contribution in [0.4, 0.5) is 0 Å². The fourth-order valence-corrected chi connectivity index (χ4v) is 3.89. The molecule has 1 aromatic carbocycles. The average molecular weight is 339 g/mol. The van der Waals surface area contributed by atoms with Crippen molar-refractivity contribution in [3.8, 4) is 5.75 Å². The molecule has 1 aromatic rings. The predicted molar refractivity (Wildman–Crippen MR) is 85.3 cm³/mol. The highest BCUT2D eigenvalue weighted by molar-refractivity contribution is 9.10. The first kappa shape index (κ1) is 14.4. The average Bonchev–Trinajstić information content (AvgIpc) is 2.89. The van der Waals surface area contributed by atoms with Crippen LogP contribution in [0.25, 0.3) is 0 Å². The number of piperidine rings is 1. The third-order valence-corrected chi connectivity index (χ3v) is 4.88. The quantitative estimate of drug-likeness (QED) is 0.913. The first-order valence-electron chi connectivity index (χ1n) is 7.57. The third-order valence-electron chi connectivity index (χ3n) is 4.42. The molecule has 0 atom stereocenters. The predicted octanol–water partition coefficient (Wildman–Crippen LogP) is 2.82. The molecular weight excluding hydrogens is 316 g/mol. The molecule has 0 bridgehead atoms. The van der Waals surface area contributed by atoms with Gasteiger partial charge in [0, 0.05) is 23.0 Å². The summed E-state index contributed by atoms with van der Waals surface area (Å²) in [5, 5.41) is 3.30. The van der Waals surface area contributed by atoms with E-state index >= 15 is 0 Å². The molecule has 0 saturated carbocycles. The van der Waals surface area contributed by atoms with Crippen molar-refractivity contribution in [3.05, 3.63) is 27.7 Å². The normalized spacial score (nSPS) is 19.9. The van der Waals surface area contributed by atoms with Gasteiger partial charge in [-0.3, -0.25) is 4.90 Å². The Morgan fingerprint density at radius 1 is 1.35 bits per heavy atom. The molecule has 2 aliphatic rings. The van der Waals surface area contributed by atoms with Gasteiger partial charge in [-0.05, 0) is 63.1 Å². The highest BCUT2D eigenvalue weighted by Gasteiger charge is 2.22. The van der Waals surface area contributed by atoms with E-state index in [2.05, 4.69) is 45.3 Å². The van der Waals surface area contributed by atoms with E-state index in [1.54, 1.807) is 0 Å². The summed E-state index contributed by atoms with van der Waals surface area (Å²) in [6.07, 6.45) is 3.65. The molecule has 1 N–H and O–H groups in total. The van der Waals surface area contributed by atoms with E-state index in [-0.39, 0.29) is 0 Å². The van der Waals surface area contributed by atoms with Crippen LogP contribution < -0.4 is 10.1 Å². The Labute approximate surface area is 129 Å². The molecule has 2 heterocycles. The van der Waals surface area contributed by atoms with Crippen molar-refractivity contribution in [2.45, 2.75) is 25.8 Å². The SMILES string of the molecule is CNCC1CCN(Cc2cc(Br)cc3c2OCC3)CC1. The topological polar surface area (TPSA) is 24.5 Å². The smallest absolute Gasteiger partial charge is 0.127 e. The Morgan fingerprint density at radius 2 is 2.15 bits per heavy atom. The largest absolute Gasteiger partial charge is 0.493 e. The fraction of sp³-hybridized carbons (Fsp3) is 0.625. The van der Waals surface area contributed by atoms with Crippen LogP contribution in [-0.2, 0) is 13.0 Å². The number of halogens is 1. The van der Waals surface area contributed by atoms with Crippen LogP contribution in [-0.4, -0.2) is 38.2 Å². The van der Waals surface area contributed by atoms with Gasteiger partial charge in [-0.2, -0.15) is 0 Å². The summed E-state index contributed by atoms with van der Waals surface area (Å²) in [6.45, 7) is 5.42. The Bertz CT molecular complexity index is 470. The minimum Gasteiger partial charge on any atom is -0.493 e. The molecule has 0 amide bonds. The first-order chi connectivity index (χ1) is 9.76. The molecule has 4 heteroatoms. The van der Waals surface area contributed by atoms with Gasteiger partial charge in [0.15, 0.2) is 0 Å². The Hall–Kier alpha value is -0.580. The maximum absolute atomic E-state index is 5.83. The summed E-state index contributed by atoms with van der Waals surface area (Å²) in [5.74, 6) is 1.99. The van der Waals surface area contributed by atoms with Crippen LogP contribution in [0, 0.1) is 5.92 Å². The van der Waals surface area contributed by atoms with E-state index in [0.29, 0.717) is 0 Å². The maximum atomic E-state index is 5.83. The molecule has 3 nitrogen and oxygen atoms in total. The minimum absolute atomic E-state index is 0.836. The van der Waals surface area contributed by atoms with Crippen LogP contribution in [0.5, 0.6) is 5.75 Å². The maximum Gasteiger partial charge on any atom is 0.127 e. The van der Waals surface area contributed by atoms with E-state index in [0.717, 1.165) is 37.8 Å². The number of benzene rings is 1. The Morgan fingerprint density at radius 3 is 2.90 bits per heavy atom. The van der Waals surface area contributed by atoms with Gasteiger partial charge in [0.2, 0.25) is 0 Å². The lowest BCUT2D eigenvalue weighted by molar-refractivity contribution is 0.175. The van der Waals surface area contributed by atoms with E-state index in [9.17, 15) is 0 Å². The third kappa shape index (κ3) is 3.18. The molecule has 0 spiro atoms. The van der Waals surface area contributed by atoms with Crippen LogP contribution in [0.3, 0.4) is 0 Å². The number of likely N-dealkylation sites (tertiary alicyclic amines) is 1. The van der Waals surface area contributed by atoms with Crippen LogP contribution in [0.2, 0.25) is 0 Å². The molecule has 0 aliphatic carbocycles. The van der Waals surface area contributed by atoms with Crippen molar-refractivity contribution < 1.29 is 4.74 Å². The lowest BCUT2D eigenvalue weighted by Gasteiger charge is -2.32. The van der Waals surface area contributed by atoms with Crippen molar-refractivity contribution in [2.75, 3.05) is 33.3 Å². The number of rotatable bonds is 4. The molecule has 20 heavy (non-hydrogen) atoms. The van der Waals surface area contributed by atoms with Gasteiger partial charge >= 0.3 is 0 Å². The van der Waals surface area contributed by atoms with E-state index in [4.69, 9.17) is 4.74 Å². The lowest BCUT2D eigenvalue weighted by Crippen LogP contribution is -2.36. The summed E-state index contributed by atoms with van der Waals surface area (Å²) < 4.78 is 7.01. The van der Waals surface area contributed by atoms with Gasteiger partial charge in [-0.1, -0.05) is 15.9 Å². The minimum atomic E-state index is 0.836. The summed E-state index contributed by atoms with van der Waals surface area (Å²) in [6, 6.07) is 4.43. The highest BCUT2D eigenvalue weighted by atomic mass is 79.9. The summed E-state index contributed by atoms with van der Waals surface area (Å²) in [4.78, 5) is 2.57. The second-order valence-electron chi connectivity index (χ2n) is 5.93. The Balaban J connectivity index is 1.64. The van der Waals surface area contributed by atoms with Crippen molar-refractivity contribution in [2.24, 2.45) is 5.92 Å². The second-order valence-corrected chi connectivity index (χ2v) is 6.84. The summed E-state index contributed by atoms with van der Waals surface area (Å²) >= 11 is 3.63. The van der Waals surface area contributed by atoms with Crippen molar-refractivity contribution in [3.63, 3.8) is 0 Å². The zero-order valence-corrected chi connectivity index (χ0v) is 13.7. The van der Waals surface area contributed by atoms with Gasteiger partial charge in [0.25, 0.3) is 0 Å². The highest BCUT2D eigenvalue weighted by Crippen LogP contribution is 2.34. The molecule has 0 unspecified atom stereocenters. The van der Waals surface area contributed by atoms with Crippen molar-refractivity contribution in [1.29, 1.82) is 0 Å². The standard InChI is InChI=1S/C16H23BrN2O/c1-18-10-12-2-5-19(6-3-12)11-14-9-15(17)8-13-4-7-20-16(13)14/h8-9,12,18H,2-7,10-11H2,1H3. The van der Waals surface area contributed by atoms with Crippen LogP contribution in [0.15, 0.2) is 16.6 Å². The van der Waals surface area contributed by atoms with E-state index < -0.39 is 0 Å². The number of hydrogen-bond donors (Lipinski definition) is 1. The van der Waals surface area contributed by atoms with Crippen molar-refractivity contribution >= 4 is 15.9 Å². The van der Waals surface area contributed by atoms with Gasteiger partial charge in [-0.25, -0.2) is 0 Å². The number of ether oxygens (including phenoxy) is 1. The zero-order chi connectivity index (χ0) is 13.9.